The molecule has 0 aliphatic carbocycles. The van der Waals surface area contributed by atoms with E-state index in [0.29, 0.717) is 0 Å². The van der Waals surface area contributed by atoms with E-state index in [1.165, 1.54) is 24.8 Å². The lowest BCUT2D eigenvalue weighted by molar-refractivity contribution is 0.302. The maximum Gasteiger partial charge on any atom is 0.122 e. The highest BCUT2D eigenvalue weighted by molar-refractivity contribution is 9.09. The summed E-state index contributed by atoms with van der Waals surface area (Å²) in [4.78, 5) is 0. The van der Waals surface area contributed by atoms with E-state index in [2.05, 4.69) is 41.1 Å². The van der Waals surface area contributed by atoms with Gasteiger partial charge in [-0.25, -0.2) is 0 Å². The number of para-hydroxylation sites is 1. The van der Waals surface area contributed by atoms with Crippen molar-refractivity contribution in [2.24, 2.45) is 0 Å². The Bertz CT molecular complexity index is 286. The van der Waals surface area contributed by atoms with Gasteiger partial charge in [0.2, 0.25) is 0 Å². The average Bonchev–Trinajstić information content (AvgIpc) is 2.31. The summed E-state index contributed by atoms with van der Waals surface area (Å²) in [6.45, 7) is 3.07. The van der Waals surface area contributed by atoms with Crippen LogP contribution in [0.4, 0.5) is 0 Å². The van der Waals surface area contributed by atoms with Gasteiger partial charge in [-0.2, -0.15) is 0 Å². The van der Waals surface area contributed by atoms with Gasteiger partial charge >= 0.3 is 0 Å². The largest absolute Gasteiger partial charge is 0.493 e. The molecule has 0 unspecified atom stereocenters. The number of unbranched alkanes of at least 4 members (excludes halogenated alkanes) is 3. The summed E-state index contributed by atoms with van der Waals surface area (Å²) < 4.78 is 5.82. The van der Waals surface area contributed by atoms with Gasteiger partial charge in [0, 0.05) is 5.33 Å². The monoisotopic (exact) mass is 284 g/mol. The molecule has 0 aliphatic heterocycles. The Morgan fingerprint density at radius 3 is 2.69 bits per heavy atom. The van der Waals surface area contributed by atoms with E-state index in [1.54, 1.807) is 0 Å². The molecule has 1 aromatic rings. The Balaban J connectivity index is 2.34. The number of halogens is 1. The topological polar surface area (TPSA) is 9.23 Å². The van der Waals surface area contributed by atoms with Gasteiger partial charge in [-0.3, -0.25) is 0 Å². The molecule has 0 saturated heterocycles. The molecule has 0 aliphatic rings. The number of hydrogen-bond donors (Lipinski definition) is 0. The van der Waals surface area contributed by atoms with Crippen molar-refractivity contribution in [1.82, 2.24) is 0 Å². The van der Waals surface area contributed by atoms with Gasteiger partial charge in [0.05, 0.1) is 6.61 Å². The van der Waals surface area contributed by atoms with Gasteiger partial charge in [-0.05, 0) is 24.5 Å². The predicted octanol–water partition coefficient (Wildman–Crippen LogP) is 4.58. The highest BCUT2D eigenvalue weighted by atomic mass is 79.9. The molecule has 1 rings (SSSR count). The van der Waals surface area contributed by atoms with Crippen LogP contribution in [0.2, 0.25) is 0 Å². The number of ether oxygens (including phenoxy) is 1. The van der Waals surface area contributed by atoms with Crippen molar-refractivity contribution in [3.63, 3.8) is 0 Å². The van der Waals surface area contributed by atoms with E-state index in [4.69, 9.17) is 4.74 Å². The molecule has 0 atom stereocenters. The summed E-state index contributed by atoms with van der Waals surface area (Å²) in [6, 6.07) is 8.32. The lowest BCUT2D eigenvalue weighted by Gasteiger charge is -2.10. The minimum Gasteiger partial charge on any atom is -0.493 e. The van der Waals surface area contributed by atoms with E-state index in [-0.39, 0.29) is 0 Å². The number of aryl methyl sites for hydroxylation is 1. The molecule has 90 valence electrons. The highest BCUT2D eigenvalue weighted by Crippen LogP contribution is 2.19. The maximum atomic E-state index is 5.82. The summed E-state index contributed by atoms with van der Waals surface area (Å²) >= 11 is 3.47. The van der Waals surface area contributed by atoms with E-state index < -0.39 is 0 Å². The van der Waals surface area contributed by atoms with Gasteiger partial charge in [-0.1, -0.05) is 60.3 Å². The van der Waals surface area contributed by atoms with Crippen LogP contribution in [0.25, 0.3) is 0 Å². The van der Waals surface area contributed by atoms with Crippen LogP contribution in [-0.4, -0.2) is 11.9 Å². The molecular formula is C14H21BrO. The van der Waals surface area contributed by atoms with Crippen LogP contribution < -0.4 is 4.74 Å². The molecule has 0 saturated carbocycles. The molecule has 2 heteroatoms. The molecule has 0 amide bonds. The molecular weight excluding hydrogens is 264 g/mol. The van der Waals surface area contributed by atoms with Gasteiger partial charge < -0.3 is 4.74 Å². The molecule has 1 aromatic carbocycles. The number of alkyl halides is 1. The number of benzene rings is 1. The minimum atomic E-state index is 0.847. The molecule has 1 nitrogen and oxygen atoms in total. The van der Waals surface area contributed by atoms with Crippen molar-refractivity contribution in [2.45, 2.75) is 39.0 Å². The van der Waals surface area contributed by atoms with Crippen LogP contribution >= 0.6 is 15.9 Å². The normalized spacial score (nSPS) is 10.4. The summed E-state index contributed by atoms with van der Waals surface area (Å²) in [5.41, 5.74) is 1.30. The molecule has 0 radical (unpaired) electrons. The van der Waals surface area contributed by atoms with Crippen LogP contribution in [0.1, 0.15) is 38.2 Å². The molecule has 0 N–H and O–H groups in total. The van der Waals surface area contributed by atoms with Crippen molar-refractivity contribution >= 4 is 15.9 Å². The van der Waals surface area contributed by atoms with E-state index in [1.807, 2.05) is 6.07 Å². The van der Waals surface area contributed by atoms with E-state index in [0.717, 1.165) is 30.5 Å². The fraction of sp³-hybridized carbons (Fsp3) is 0.571. The first-order chi connectivity index (χ1) is 7.88. The molecule has 16 heavy (non-hydrogen) atoms. The Morgan fingerprint density at radius 2 is 1.94 bits per heavy atom. The first-order valence-electron chi connectivity index (χ1n) is 6.15. The van der Waals surface area contributed by atoms with Crippen LogP contribution in [0, 0.1) is 0 Å². The molecule has 0 heterocycles. The second-order valence-corrected chi connectivity index (χ2v) is 4.75. The van der Waals surface area contributed by atoms with Crippen molar-refractivity contribution < 1.29 is 4.74 Å². The van der Waals surface area contributed by atoms with Crippen molar-refractivity contribution in [3.8, 4) is 5.75 Å². The molecule has 0 aromatic heterocycles. The summed E-state index contributed by atoms with van der Waals surface area (Å²) in [5.74, 6) is 1.05. The summed E-state index contributed by atoms with van der Waals surface area (Å²) in [7, 11) is 0. The highest BCUT2D eigenvalue weighted by Gasteiger charge is 2.01. The molecule has 0 bridgehead atoms. The first kappa shape index (κ1) is 13.6. The van der Waals surface area contributed by atoms with E-state index in [9.17, 15) is 0 Å². The fourth-order valence-electron chi connectivity index (χ4n) is 1.66. The van der Waals surface area contributed by atoms with Gasteiger partial charge in [0.25, 0.3) is 0 Å². The third kappa shape index (κ3) is 5.02. The standard InChI is InChI=1S/C14H21BrO/c1-2-3-4-7-12-16-14-9-6-5-8-13(14)10-11-15/h5-6,8-9H,2-4,7,10-12H2,1H3. The molecule has 0 spiro atoms. The summed E-state index contributed by atoms with van der Waals surface area (Å²) in [6.07, 6.45) is 6.06. The zero-order valence-electron chi connectivity index (χ0n) is 10.0. The quantitative estimate of drug-likeness (QED) is 0.501. The number of hydrogen-bond acceptors (Lipinski definition) is 1. The second-order valence-electron chi connectivity index (χ2n) is 3.96. The van der Waals surface area contributed by atoms with E-state index >= 15 is 0 Å². The fourth-order valence-corrected chi connectivity index (χ4v) is 2.09. The van der Waals surface area contributed by atoms with Gasteiger partial charge in [-0.15, -0.1) is 0 Å². The Kier molecular flexibility index (Phi) is 7.32. The van der Waals surface area contributed by atoms with Gasteiger partial charge in [0.15, 0.2) is 0 Å². The van der Waals surface area contributed by atoms with Crippen LogP contribution in [-0.2, 0) is 6.42 Å². The minimum absolute atomic E-state index is 0.847. The Morgan fingerprint density at radius 1 is 1.12 bits per heavy atom. The first-order valence-corrected chi connectivity index (χ1v) is 7.27. The van der Waals surface area contributed by atoms with Crippen LogP contribution in [0.5, 0.6) is 5.75 Å². The SMILES string of the molecule is CCCCCCOc1ccccc1CCBr. The maximum absolute atomic E-state index is 5.82. The Hall–Kier alpha value is -0.500. The second kappa shape index (κ2) is 8.63. The van der Waals surface area contributed by atoms with Crippen LogP contribution in [0.15, 0.2) is 24.3 Å². The lowest BCUT2D eigenvalue weighted by atomic mass is 10.1. The predicted molar refractivity (Wildman–Crippen MR) is 73.6 cm³/mol. The lowest BCUT2D eigenvalue weighted by Crippen LogP contribution is -2.00. The zero-order valence-corrected chi connectivity index (χ0v) is 11.6. The van der Waals surface area contributed by atoms with Crippen molar-refractivity contribution in [1.29, 1.82) is 0 Å². The Labute approximate surface area is 107 Å². The summed E-state index contributed by atoms with van der Waals surface area (Å²) in [5, 5.41) is 0.989. The number of rotatable bonds is 8. The molecule has 0 fully saturated rings. The van der Waals surface area contributed by atoms with Crippen LogP contribution in [0.3, 0.4) is 0 Å². The average molecular weight is 285 g/mol. The third-order valence-electron chi connectivity index (χ3n) is 2.59. The zero-order chi connectivity index (χ0) is 11.6. The van der Waals surface area contributed by atoms with Crippen molar-refractivity contribution in [3.05, 3.63) is 29.8 Å². The van der Waals surface area contributed by atoms with Crippen molar-refractivity contribution in [2.75, 3.05) is 11.9 Å². The third-order valence-corrected chi connectivity index (χ3v) is 2.99. The smallest absolute Gasteiger partial charge is 0.122 e. The van der Waals surface area contributed by atoms with Gasteiger partial charge in [0.1, 0.15) is 5.75 Å².